The van der Waals surface area contributed by atoms with Crippen molar-refractivity contribution in [2.75, 3.05) is 0 Å². The highest BCUT2D eigenvalue weighted by atomic mass is 16.1. The summed E-state index contributed by atoms with van der Waals surface area (Å²) in [5.74, 6) is 1.18. The Balaban J connectivity index is 3.38. The molecular formula is C10H16N2O. The zero-order valence-electron chi connectivity index (χ0n) is 8.66. The van der Waals surface area contributed by atoms with Crippen molar-refractivity contribution in [2.24, 2.45) is 0 Å². The summed E-state index contributed by atoms with van der Waals surface area (Å²) >= 11 is 0. The highest BCUT2D eigenvalue weighted by Gasteiger charge is 2.08. The molecule has 1 aromatic heterocycles. The maximum Gasteiger partial charge on any atom is 0.253 e. The molecule has 13 heavy (non-hydrogen) atoms. The van der Waals surface area contributed by atoms with Gasteiger partial charge in [-0.25, -0.2) is 4.98 Å². The first-order valence-corrected chi connectivity index (χ1v) is 4.64. The Morgan fingerprint density at radius 3 is 2.62 bits per heavy atom. The standard InChI is InChI=1S/C10H16N2O/c1-5-12-9(13)6-8(4)11-10(12)7(2)3/h6-7H,5H2,1-4H3. The van der Waals surface area contributed by atoms with Crippen molar-refractivity contribution in [2.45, 2.75) is 40.2 Å². The van der Waals surface area contributed by atoms with Gasteiger partial charge in [0, 0.05) is 24.2 Å². The summed E-state index contributed by atoms with van der Waals surface area (Å²) in [6.45, 7) is 8.61. The predicted molar refractivity (Wildman–Crippen MR) is 53.0 cm³/mol. The molecule has 72 valence electrons. The molecule has 0 aliphatic carbocycles. The van der Waals surface area contributed by atoms with E-state index in [9.17, 15) is 4.79 Å². The van der Waals surface area contributed by atoms with Crippen LogP contribution in [-0.4, -0.2) is 9.55 Å². The summed E-state index contributed by atoms with van der Waals surface area (Å²) in [6.07, 6.45) is 0. The third-order valence-corrected chi connectivity index (χ3v) is 2.00. The molecule has 1 aromatic rings. The lowest BCUT2D eigenvalue weighted by atomic mass is 10.2. The van der Waals surface area contributed by atoms with E-state index in [0.717, 1.165) is 11.5 Å². The number of aryl methyl sites for hydroxylation is 1. The molecule has 0 aliphatic heterocycles. The molecule has 3 heteroatoms. The molecule has 0 aromatic carbocycles. The SMILES string of the molecule is CCn1c(C(C)C)nc(C)cc1=O. The quantitative estimate of drug-likeness (QED) is 0.694. The maximum atomic E-state index is 11.5. The Morgan fingerprint density at radius 2 is 2.15 bits per heavy atom. The van der Waals surface area contributed by atoms with Gasteiger partial charge in [-0.05, 0) is 13.8 Å². The molecule has 1 heterocycles. The van der Waals surface area contributed by atoms with Crippen LogP contribution in [0.1, 0.15) is 38.2 Å². The molecule has 1 rings (SSSR count). The lowest BCUT2D eigenvalue weighted by Crippen LogP contribution is -2.24. The maximum absolute atomic E-state index is 11.5. The van der Waals surface area contributed by atoms with Gasteiger partial charge >= 0.3 is 0 Å². The van der Waals surface area contributed by atoms with Crippen LogP contribution in [0.3, 0.4) is 0 Å². The number of hydrogen-bond donors (Lipinski definition) is 0. The highest BCUT2D eigenvalue weighted by molar-refractivity contribution is 5.05. The van der Waals surface area contributed by atoms with Gasteiger partial charge in [0.05, 0.1) is 0 Å². The average Bonchev–Trinajstić information content (AvgIpc) is 2.02. The first-order valence-electron chi connectivity index (χ1n) is 4.64. The summed E-state index contributed by atoms with van der Waals surface area (Å²) in [6, 6.07) is 1.58. The highest BCUT2D eigenvalue weighted by Crippen LogP contribution is 2.09. The molecule has 0 atom stereocenters. The minimum Gasteiger partial charge on any atom is -0.297 e. The molecule has 0 amide bonds. The fourth-order valence-electron chi connectivity index (χ4n) is 1.40. The minimum atomic E-state index is 0.0544. The zero-order chi connectivity index (χ0) is 10.0. The topological polar surface area (TPSA) is 34.9 Å². The molecule has 0 saturated heterocycles. The molecule has 3 nitrogen and oxygen atoms in total. The second-order valence-corrected chi connectivity index (χ2v) is 3.49. The molecule has 0 radical (unpaired) electrons. The Labute approximate surface area is 78.4 Å². The minimum absolute atomic E-state index is 0.0544. The third-order valence-electron chi connectivity index (χ3n) is 2.00. The third kappa shape index (κ3) is 1.97. The van der Waals surface area contributed by atoms with E-state index in [1.165, 1.54) is 0 Å². The number of rotatable bonds is 2. The lowest BCUT2D eigenvalue weighted by molar-refractivity contribution is 0.604. The molecule has 0 N–H and O–H groups in total. The van der Waals surface area contributed by atoms with Gasteiger partial charge in [-0.2, -0.15) is 0 Å². The number of nitrogens with zero attached hydrogens (tertiary/aromatic N) is 2. The predicted octanol–water partition coefficient (Wildman–Crippen LogP) is 1.70. The van der Waals surface area contributed by atoms with Gasteiger partial charge < -0.3 is 0 Å². The number of aromatic nitrogens is 2. The first-order chi connectivity index (χ1) is 6.06. The molecule has 0 saturated carbocycles. The monoisotopic (exact) mass is 180 g/mol. The summed E-state index contributed by atoms with van der Waals surface area (Å²) in [5.41, 5.74) is 0.858. The fraction of sp³-hybridized carbons (Fsp3) is 0.600. The van der Waals surface area contributed by atoms with Crippen LogP contribution in [0.15, 0.2) is 10.9 Å². The van der Waals surface area contributed by atoms with Crippen molar-refractivity contribution in [1.82, 2.24) is 9.55 Å². The van der Waals surface area contributed by atoms with Gasteiger partial charge in [0.2, 0.25) is 0 Å². The Bertz CT molecular complexity index is 352. The van der Waals surface area contributed by atoms with Crippen LogP contribution >= 0.6 is 0 Å². The summed E-state index contributed by atoms with van der Waals surface area (Å²) in [5, 5.41) is 0. The van der Waals surface area contributed by atoms with Gasteiger partial charge in [-0.1, -0.05) is 13.8 Å². The van der Waals surface area contributed by atoms with Crippen LogP contribution < -0.4 is 5.56 Å². The summed E-state index contributed by atoms with van der Waals surface area (Å²) in [4.78, 5) is 15.9. The molecule has 0 unspecified atom stereocenters. The van der Waals surface area contributed by atoms with Crippen molar-refractivity contribution >= 4 is 0 Å². The van der Waals surface area contributed by atoms with Gasteiger partial charge in [0.1, 0.15) is 5.82 Å². The van der Waals surface area contributed by atoms with Crippen LogP contribution in [0.25, 0.3) is 0 Å². The van der Waals surface area contributed by atoms with Crippen LogP contribution in [0.5, 0.6) is 0 Å². The number of hydrogen-bond acceptors (Lipinski definition) is 2. The van der Waals surface area contributed by atoms with Crippen LogP contribution in [0, 0.1) is 6.92 Å². The second kappa shape index (κ2) is 3.73. The Hall–Kier alpha value is -1.12. The van der Waals surface area contributed by atoms with E-state index in [-0.39, 0.29) is 5.56 Å². The van der Waals surface area contributed by atoms with Gasteiger partial charge in [0.15, 0.2) is 0 Å². The summed E-state index contributed by atoms with van der Waals surface area (Å²) < 4.78 is 1.72. The second-order valence-electron chi connectivity index (χ2n) is 3.49. The molecule has 0 bridgehead atoms. The average molecular weight is 180 g/mol. The molecular weight excluding hydrogens is 164 g/mol. The van der Waals surface area contributed by atoms with Crippen LogP contribution in [-0.2, 0) is 6.54 Å². The smallest absolute Gasteiger partial charge is 0.253 e. The van der Waals surface area contributed by atoms with Crippen molar-refractivity contribution in [3.05, 3.63) is 27.9 Å². The van der Waals surface area contributed by atoms with Crippen LogP contribution in [0.2, 0.25) is 0 Å². The van der Waals surface area contributed by atoms with Crippen molar-refractivity contribution < 1.29 is 0 Å². The van der Waals surface area contributed by atoms with Crippen molar-refractivity contribution in [3.63, 3.8) is 0 Å². The van der Waals surface area contributed by atoms with Crippen LogP contribution in [0.4, 0.5) is 0 Å². The first kappa shape index (κ1) is 9.96. The van der Waals surface area contributed by atoms with Gasteiger partial charge in [-0.3, -0.25) is 9.36 Å². The fourth-order valence-corrected chi connectivity index (χ4v) is 1.40. The van der Waals surface area contributed by atoms with E-state index < -0.39 is 0 Å². The molecule has 0 fully saturated rings. The lowest BCUT2D eigenvalue weighted by Gasteiger charge is -2.12. The van der Waals surface area contributed by atoms with E-state index in [2.05, 4.69) is 4.98 Å². The zero-order valence-corrected chi connectivity index (χ0v) is 8.66. The van der Waals surface area contributed by atoms with E-state index in [4.69, 9.17) is 0 Å². The summed E-state index contributed by atoms with van der Waals surface area (Å²) in [7, 11) is 0. The van der Waals surface area contributed by atoms with Gasteiger partial charge in [0.25, 0.3) is 5.56 Å². The Kier molecular flexibility index (Phi) is 2.86. The van der Waals surface area contributed by atoms with Gasteiger partial charge in [-0.15, -0.1) is 0 Å². The van der Waals surface area contributed by atoms with E-state index >= 15 is 0 Å². The normalized spacial score (nSPS) is 10.8. The van der Waals surface area contributed by atoms with Crippen molar-refractivity contribution in [3.8, 4) is 0 Å². The van der Waals surface area contributed by atoms with E-state index in [1.54, 1.807) is 10.6 Å². The molecule has 0 spiro atoms. The largest absolute Gasteiger partial charge is 0.297 e. The van der Waals surface area contributed by atoms with Crippen molar-refractivity contribution in [1.29, 1.82) is 0 Å². The van der Waals surface area contributed by atoms with E-state index in [0.29, 0.717) is 12.5 Å². The molecule has 0 aliphatic rings. The Morgan fingerprint density at radius 1 is 1.54 bits per heavy atom. The van der Waals surface area contributed by atoms with E-state index in [1.807, 2.05) is 27.7 Å².